The van der Waals surface area contributed by atoms with Crippen LogP contribution in [0.25, 0.3) is 0 Å². The highest BCUT2D eigenvalue weighted by Gasteiger charge is 2.39. The van der Waals surface area contributed by atoms with Crippen molar-refractivity contribution < 1.29 is 19.4 Å². The Labute approximate surface area is 227 Å². The molecule has 2 aliphatic heterocycles. The van der Waals surface area contributed by atoms with Crippen LogP contribution in [0.5, 0.6) is 5.75 Å². The number of ether oxygens (including phenoxy) is 1. The van der Waals surface area contributed by atoms with Crippen LogP contribution in [0.1, 0.15) is 31.4 Å². The number of amides is 2. The van der Waals surface area contributed by atoms with Gasteiger partial charge in [-0.2, -0.15) is 0 Å². The van der Waals surface area contributed by atoms with Gasteiger partial charge in [0.1, 0.15) is 29.3 Å². The number of likely N-dealkylation sites (N-methyl/N-ethyl adjacent to an activating group) is 1. The molecular weight excluding hydrogens is 504 g/mol. The van der Waals surface area contributed by atoms with E-state index in [1.165, 1.54) is 9.80 Å². The van der Waals surface area contributed by atoms with Crippen LogP contribution in [0.2, 0.25) is 0 Å². The van der Waals surface area contributed by atoms with E-state index in [4.69, 9.17) is 22.1 Å². The summed E-state index contributed by atoms with van der Waals surface area (Å²) in [6, 6.07) is 14.1. The van der Waals surface area contributed by atoms with E-state index in [2.05, 4.69) is 16.8 Å². The van der Waals surface area contributed by atoms with Gasteiger partial charge in [-0.15, -0.1) is 0 Å². The molecule has 0 unspecified atom stereocenters. The fourth-order valence-electron chi connectivity index (χ4n) is 4.17. The number of hydrogen-bond acceptors (Lipinski definition) is 6. The average Bonchev–Trinajstić information content (AvgIpc) is 3.04. The Kier molecular flexibility index (Phi) is 8.10. The van der Waals surface area contributed by atoms with Crippen molar-refractivity contribution in [1.29, 1.82) is 0 Å². The largest absolute Gasteiger partial charge is 0.489 e. The number of aliphatic hydroxyl groups excluding tert-OH is 1. The van der Waals surface area contributed by atoms with E-state index >= 15 is 0 Å². The normalized spacial score (nSPS) is 18.4. The molecule has 0 aromatic heterocycles. The maximum Gasteiger partial charge on any atom is 0.270 e. The van der Waals surface area contributed by atoms with Crippen molar-refractivity contribution in [3.05, 3.63) is 70.9 Å². The van der Waals surface area contributed by atoms with Crippen molar-refractivity contribution in [2.75, 3.05) is 31.7 Å². The van der Waals surface area contributed by atoms with E-state index in [0.29, 0.717) is 35.5 Å². The van der Waals surface area contributed by atoms with Gasteiger partial charge in [0.25, 0.3) is 11.8 Å². The summed E-state index contributed by atoms with van der Waals surface area (Å²) in [4.78, 5) is 34.0. The van der Waals surface area contributed by atoms with Gasteiger partial charge in [0.05, 0.1) is 18.8 Å². The maximum atomic E-state index is 13.4. The topological polar surface area (TPSA) is 108 Å². The number of nitrogens with zero attached hydrogens (tertiary/aromatic N) is 3. The summed E-state index contributed by atoms with van der Waals surface area (Å²) in [5, 5.41) is 9.65. The molecule has 1 atom stereocenters. The first-order chi connectivity index (χ1) is 18.1. The summed E-state index contributed by atoms with van der Waals surface area (Å²) in [5.74, 6) is 5.83. The Morgan fingerprint density at radius 2 is 1.97 bits per heavy atom. The SMILES string of the molecule is CN1C(=O)[C@@H](N2CCC(C(Cl)=NCc3ccccc3)=C(N)C2=O)COc2cc(C#CC(C)(C)CO)ccc21. The van der Waals surface area contributed by atoms with E-state index in [0.717, 1.165) is 5.56 Å². The standard InChI is InChI=1S/C29H31ClN4O4/c1-29(2,18-35)13-11-19-9-10-22-24(15-19)38-17-23(27(36)33(22)3)34-14-12-21(25(31)28(34)37)26(30)32-16-20-7-5-4-6-8-20/h4-10,15,23,35H,12,14,16-18,31H2,1-3H3/t23-/m0/s1. The highest BCUT2D eigenvalue weighted by Crippen LogP contribution is 2.33. The lowest BCUT2D eigenvalue weighted by atomic mass is 9.95. The van der Waals surface area contributed by atoms with Gasteiger partial charge in [-0.05, 0) is 44.0 Å². The minimum atomic E-state index is -0.858. The summed E-state index contributed by atoms with van der Waals surface area (Å²) >= 11 is 6.44. The third-order valence-corrected chi connectivity index (χ3v) is 6.91. The Hall–Kier alpha value is -3.80. The molecule has 8 nitrogen and oxygen atoms in total. The van der Waals surface area contributed by atoms with Crippen molar-refractivity contribution in [3.8, 4) is 17.6 Å². The van der Waals surface area contributed by atoms with Gasteiger partial charge in [0, 0.05) is 30.1 Å². The molecule has 38 heavy (non-hydrogen) atoms. The fraction of sp³-hybridized carbons (Fsp3) is 0.345. The van der Waals surface area contributed by atoms with Crippen LogP contribution >= 0.6 is 11.6 Å². The van der Waals surface area contributed by atoms with Crippen molar-refractivity contribution in [1.82, 2.24) is 4.90 Å². The summed E-state index contributed by atoms with van der Waals surface area (Å²) in [6.45, 7) is 4.23. The first kappa shape index (κ1) is 27.2. The predicted molar refractivity (Wildman–Crippen MR) is 148 cm³/mol. The molecule has 0 spiro atoms. The lowest BCUT2D eigenvalue weighted by Crippen LogP contribution is -2.55. The number of aliphatic hydroxyl groups is 1. The monoisotopic (exact) mass is 534 g/mol. The average molecular weight is 535 g/mol. The number of nitrogens with two attached hydrogens (primary N) is 1. The second-order valence-electron chi connectivity index (χ2n) is 9.93. The first-order valence-corrected chi connectivity index (χ1v) is 12.7. The minimum Gasteiger partial charge on any atom is -0.489 e. The zero-order valence-electron chi connectivity index (χ0n) is 21.7. The second kappa shape index (κ2) is 11.3. The Bertz CT molecular complexity index is 1360. The summed E-state index contributed by atoms with van der Waals surface area (Å²) in [5.41, 5.74) is 8.41. The van der Waals surface area contributed by atoms with Crippen molar-refractivity contribution in [3.63, 3.8) is 0 Å². The molecule has 0 aliphatic carbocycles. The lowest BCUT2D eigenvalue weighted by Gasteiger charge is -2.34. The number of benzene rings is 2. The molecule has 0 fully saturated rings. The molecule has 2 aliphatic rings. The lowest BCUT2D eigenvalue weighted by molar-refractivity contribution is -0.137. The highest BCUT2D eigenvalue weighted by molar-refractivity contribution is 6.69. The number of rotatable bonds is 5. The number of anilines is 1. The van der Waals surface area contributed by atoms with Crippen LogP contribution in [0, 0.1) is 17.3 Å². The molecule has 0 saturated heterocycles. The molecule has 198 valence electrons. The van der Waals surface area contributed by atoms with E-state index in [9.17, 15) is 14.7 Å². The fourth-order valence-corrected chi connectivity index (χ4v) is 4.43. The van der Waals surface area contributed by atoms with Crippen LogP contribution in [0.3, 0.4) is 0 Å². The molecule has 0 radical (unpaired) electrons. The molecule has 3 N–H and O–H groups in total. The molecule has 9 heteroatoms. The number of halogens is 1. The first-order valence-electron chi connectivity index (χ1n) is 12.3. The van der Waals surface area contributed by atoms with Gasteiger partial charge in [-0.1, -0.05) is 53.8 Å². The van der Waals surface area contributed by atoms with Crippen LogP contribution in [-0.4, -0.2) is 59.8 Å². The number of hydrogen-bond donors (Lipinski definition) is 2. The third kappa shape index (κ3) is 5.85. The highest BCUT2D eigenvalue weighted by atomic mass is 35.5. The van der Waals surface area contributed by atoms with Crippen LogP contribution in [0.15, 0.2) is 64.8 Å². The zero-order chi connectivity index (χ0) is 27.4. The predicted octanol–water partition coefficient (Wildman–Crippen LogP) is 3.06. The van der Waals surface area contributed by atoms with E-state index in [1.54, 1.807) is 25.2 Å². The Morgan fingerprint density at radius 1 is 1.24 bits per heavy atom. The van der Waals surface area contributed by atoms with Crippen molar-refractivity contribution in [2.24, 2.45) is 16.1 Å². The quantitative estimate of drug-likeness (QED) is 0.453. The second-order valence-corrected chi connectivity index (χ2v) is 10.3. The Balaban J connectivity index is 1.52. The summed E-state index contributed by atoms with van der Waals surface area (Å²) in [6.07, 6.45) is 0.371. The molecule has 2 amide bonds. The van der Waals surface area contributed by atoms with Gasteiger partial charge >= 0.3 is 0 Å². The van der Waals surface area contributed by atoms with Crippen LogP contribution in [0.4, 0.5) is 5.69 Å². The number of aliphatic imine (C=N–C) groups is 1. The summed E-state index contributed by atoms with van der Waals surface area (Å²) in [7, 11) is 1.65. The third-order valence-electron chi connectivity index (χ3n) is 6.56. The molecule has 0 bridgehead atoms. The van der Waals surface area contributed by atoms with Crippen LogP contribution < -0.4 is 15.4 Å². The molecule has 0 saturated carbocycles. The van der Waals surface area contributed by atoms with Gasteiger partial charge in [-0.3, -0.25) is 14.6 Å². The molecule has 2 aromatic rings. The van der Waals surface area contributed by atoms with Crippen molar-refractivity contribution in [2.45, 2.75) is 32.9 Å². The molecule has 2 heterocycles. The number of carbonyl (C=O) groups excluding carboxylic acids is 2. The Morgan fingerprint density at radius 3 is 2.68 bits per heavy atom. The van der Waals surface area contributed by atoms with Gasteiger partial charge in [-0.25, -0.2) is 0 Å². The van der Waals surface area contributed by atoms with Gasteiger partial charge in [0.2, 0.25) is 0 Å². The smallest absolute Gasteiger partial charge is 0.270 e. The number of carbonyl (C=O) groups is 2. The summed E-state index contributed by atoms with van der Waals surface area (Å²) < 4.78 is 6.02. The van der Waals surface area contributed by atoms with Crippen LogP contribution in [-0.2, 0) is 16.1 Å². The molecular formula is C29H31ClN4O4. The van der Waals surface area contributed by atoms with E-state index in [1.807, 2.05) is 44.2 Å². The molecule has 2 aromatic carbocycles. The van der Waals surface area contributed by atoms with Crippen molar-refractivity contribution >= 4 is 34.3 Å². The minimum absolute atomic E-state index is 0.0145. The van der Waals surface area contributed by atoms with E-state index < -0.39 is 17.4 Å². The zero-order valence-corrected chi connectivity index (χ0v) is 22.5. The van der Waals surface area contributed by atoms with Gasteiger partial charge in [0.15, 0.2) is 0 Å². The molecule has 4 rings (SSSR count). The number of fused-ring (bicyclic) bond motifs is 1. The van der Waals surface area contributed by atoms with E-state index in [-0.39, 0.29) is 36.5 Å². The van der Waals surface area contributed by atoms with Gasteiger partial charge < -0.3 is 25.4 Å². The maximum absolute atomic E-state index is 13.4.